The second-order valence-electron chi connectivity index (χ2n) is 12.8. The van der Waals surface area contributed by atoms with Gasteiger partial charge in [0.2, 0.25) is 0 Å². The van der Waals surface area contributed by atoms with Gasteiger partial charge in [-0.15, -0.1) is 0 Å². The normalized spacial score (nSPS) is 12.8. The van der Waals surface area contributed by atoms with E-state index in [0.29, 0.717) is 0 Å². The molecule has 10 rings (SSSR count). The molecule has 4 heteroatoms. The Bertz CT molecular complexity index is 3100. The molecule has 10 aromatic rings. The molecule has 50 heavy (non-hydrogen) atoms. The predicted octanol–water partition coefficient (Wildman–Crippen LogP) is 10.1. The molecule has 0 aliphatic rings. The Balaban J connectivity index is 1.38. The van der Waals surface area contributed by atoms with Gasteiger partial charge in [0.05, 0.1) is 21.9 Å². The molecule has 0 radical (unpaired) electrons. The minimum Gasteiger partial charge on any atom is -0.309 e. The van der Waals surface area contributed by atoms with Crippen molar-refractivity contribution < 1.29 is 0 Å². The zero-order chi connectivity index (χ0) is 33.3. The fourth-order valence-corrected chi connectivity index (χ4v) is 8.11. The fourth-order valence-electron chi connectivity index (χ4n) is 8.11. The summed E-state index contributed by atoms with van der Waals surface area (Å²) in [5, 5.41) is 8.15. The van der Waals surface area contributed by atoms with E-state index in [1.807, 2.05) is 6.08 Å². The van der Waals surface area contributed by atoms with Crippen LogP contribution in [0.4, 0.5) is 0 Å². The number of pyridine rings is 1. The van der Waals surface area contributed by atoms with Crippen molar-refractivity contribution in [3.8, 4) is 22.5 Å². The maximum absolute atomic E-state index is 5.44. The average molecular weight is 641 g/mol. The Kier molecular flexibility index (Phi) is 6.21. The molecule has 0 N–H and O–H groups in total. The van der Waals surface area contributed by atoms with Crippen LogP contribution in [0.3, 0.4) is 0 Å². The van der Waals surface area contributed by atoms with Gasteiger partial charge in [-0.1, -0.05) is 128 Å². The third kappa shape index (κ3) is 3.90. The lowest BCUT2D eigenvalue weighted by molar-refractivity contribution is 1.03. The summed E-state index contributed by atoms with van der Waals surface area (Å²) in [6.45, 7) is 6.17. The van der Waals surface area contributed by atoms with Crippen molar-refractivity contribution in [2.45, 2.75) is 6.92 Å². The number of benzene rings is 6. The van der Waals surface area contributed by atoms with Crippen molar-refractivity contribution in [3.05, 3.63) is 169 Å². The standard InChI is InChI=1S/C46H32N4/c1-3-16-38-39(4-2)49(32-19-9-6-10-20-32)46-44(38)47-45-36-22-12-11-21-34(36)35-28-27-30(29-42(35)50(45)46)33-24-15-26-41-43(33)37-23-13-14-25-40(37)48(41)31-17-7-5-8-18-31/h3-29H,1H2,2H3/b38-16+,39-4+. The van der Waals surface area contributed by atoms with Gasteiger partial charge in [0.25, 0.3) is 0 Å². The van der Waals surface area contributed by atoms with Gasteiger partial charge in [0, 0.05) is 38.1 Å². The van der Waals surface area contributed by atoms with E-state index < -0.39 is 0 Å². The van der Waals surface area contributed by atoms with E-state index in [0.717, 1.165) is 55.2 Å². The quantitative estimate of drug-likeness (QED) is 0.176. The largest absolute Gasteiger partial charge is 0.309 e. The van der Waals surface area contributed by atoms with Crippen LogP contribution in [-0.2, 0) is 0 Å². The lowest BCUT2D eigenvalue weighted by atomic mass is 9.97. The molecule has 0 amide bonds. The first kappa shape index (κ1) is 28.4. The summed E-state index contributed by atoms with van der Waals surface area (Å²) in [6, 6.07) is 52.3. The second kappa shape index (κ2) is 10.9. The molecular weight excluding hydrogens is 609 g/mol. The van der Waals surface area contributed by atoms with Crippen molar-refractivity contribution in [2.75, 3.05) is 0 Å². The van der Waals surface area contributed by atoms with Crippen molar-refractivity contribution >= 4 is 72.4 Å². The highest BCUT2D eigenvalue weighted by molar-refractivity contribution is 6.18. The Morgan fingerprint density at radius 3 is 1.98 bits per heavy atom. The van der Waals surface area contributed by atoms with E-state index in [-0.39, 0.29) is 0 Å². The number of para-hydroxylation sites is 3. The van der Waals surface area contributed by atoms with E-state index in [1.54, 1.807) is 0 Å². The van der Waals surface area contributed by atoms with Crippen LogP contribution in [0.5, 0.6) is 0 Å². The zero-order valence-corrected chi connectivity index (χ0v) is 27.6. The molecular formula is C46H32N4. The highest BCUT2D eigenvalue weighted by Gasteiger charge is 2.21. The van der Waals surface area contributed by atoms with Crippen LogP contribution >= 0.6 is 0 Å². The molecule has 0 saturated carbocycles. The van der Waals surface area contributed by atoms with Crippen molar-refractivity contribution in [3.63, 3.8) is 0 Å². The van der Waals surface area contributed by atoms with Gasteiger partial charge in [0.15, 0.2) is 5.65 Å². The van der Waals surface area contributed by atoms with Gasteiger partial charge in [-0.3, -0.25) is 8.97 Å². The number of aromatic nitrogens is 4. The van der Waals surface area contributed by atoms with Crippen LogP contribution in [0.1, 0.15) is 6.92 Å². The minimum atomic E-state index is 0.945. The van der Waals surface area contributed by atoms with Crippen LogP contribution < -0.4 is 10.6 Å². The summed E-state index contributed by atoms with van der Waals surface area (Å²) in [5.41, 5.74) is 11.1. The lowest BCUT2D eigenvalue weighted by Gasteiger charge is -2.14. The lowest BCUT2D eigenvalue weighted by Crippen LogP contribution is -2.28. The van der Waals surface area contributed by atoms with Gasteiger partial charge in [0.1, 0.15) is 11.2 Å². The molecule has 236 valence electrons. The summed E-state index contributed by atoms with van der Waals surface area (Å²) < 4.78 is 7.11. The molecule has 6 aromatic carbocycles. The summed E-state index contributed by atoms with van der Waals surface area (Å²) in [5.74, 6) is 0. The molecule has 0 bridgehead atoms. The van der Waals surface area contributed by atoms with E-state index in [9.17, 15) is 0 Å². The summed E-state index contributed by atoms with van der Waals surface area (Å²) in [4.78, 5) is 5.44. The maximum atomic E-state index is 5.44. The Hall–Kier alpha value is -6.65. The summed E-state index contributed by atoms with van der Waals surface area (Å²) in [6.07, 6.45) is 6.12. The number of allylic oxidation sites excluding steroid dienone is 1. The molecule has 0 unspecified atom stereocenters. The number of nitrogens with zero attached hydrogens (tertiary/aromatic N) is 4. The van der Waals surface area contributed by atoms with Gasteiger partial charge in [-0.25, -0.2) is 4.98 Å². The Morgan fingerprint density at radius 2 is 1.24 bits per heavy atom. The van der Waals surface area contributed by atoms with Crippen LogP contribution in [0.15, 0.2) is 158 Å². The molecule has 4 heterocycles. The SMILES string of the molecule is C=C/C=c1\c(=C/C)n(-c2ccccc2)c2c1nc1c3ccccc3c3ccc(-c4cccc5c4c4ccccc4n5-c4ccccc4)cc3n12. The third-order valence-corrected chi connectivity index (χ3v) is 10.1. The van der Waals surface area contributed by atoms with Crippen LogP contribution in [0.2, 0.25) is 0 Å². The first-order valence-corrected chi connectivity index (χ1v) is 17.1. The number of hydrogen-bond acceptors (Lipinski definition) is 1. The highest BCUT2D eigenvalue weighted by atomic mass is 15.2. The summed E-state index contributed by atoms with van der Waals surface area (Å²) in [7, 11) is 0. The average Bonchev–Trinajstić information content (AvgIpc) is 3.83. The number of rotatable bonds is 4. The second-order valence-corrected chi connectivity index (χ2v) is 12.8. The first-order valence-electron chi connectivity index (χ1n) is 17.1. The molecule has 0 saturated heterocycles. The van der Waals surface area contributed by atoms with Gasteiger partial charge in [-0.05, 0) is 65.9 Å². The van der Waals surface area contributed by atoms with Crippen LogP contribution in [-0.4, -0.2) is 18.5 Å². The molecule has 0 aliphatic carbocycles. The van der Waals surface area contributed by atoms with Gasteiger partial charge in [-0.2, -0.15) is 0 Å². The molecule has 0 atom stereocenters. The Morgan fingerprint density at radius 1 is 0.580 bits per heavy atom. The predicted molar refractivity (Wildman–Crippen MR) is 211 cm³/mol. The van der Waals surface area contributed by atoms with Crippen molar-refractivity contribution in [1.82, 2.24) is 18.5 Å². The van der Waals surface area contributed by atoms with Gasteiger partial charge < -0.3 is 4.57 Å². The van der Waals surface area contributed by atoms with Gasteiger partial charge >= 0.3 is 0 Å². The Labute approximate surface area is 288 Å². The van der Waals surface area contributed by atoms with Crippen LogP contribution in [0.25, 0.3) is 94.9 Å². The molecule has 0 aliphatic heterocycles. The maximum Gasteiger partial charge on any atom is 0.151 e. The molecule has 0 spiro atoms. The third-order valence-electron chi connectivity index (χ3n) is 10.1. The van der Waals surface area contributed by atoms with E-state index in [4.69, 9.17) is 4.98 Å². The van der Waals surface area contributed by atoms with E-state index in [2.05, 4.69) is 185 Å². The highest BCUT2D eigenvalue weighted by Crippen LogP contribution is 2.40. The minimum absolute atomic E-state index is 0.945. The smallest absolute Gasteiger partial charge is 0.151 e. The monoisotopic (exact) mass is 640 g/mol. The van der Waals surface area contributed by atoms with Crippen molar-refractivity contribution in [2.24, 2.45) is 0 Å². The first-order chi connectivity index (χ1) is 24.8. The number of imidazole rings is 1. The molecule has 4 aromatic heterocycles. The van der Waals surface area contributed by atoms with E-state index >= 15 is 0 Å². The van der Waals surface area contributed by atoms with Crippen molar-refractivity contribution in [1.29, 1.82) is 0 Å². The topological polar surface area (TPSA) is 27.2 Å². The summed E-state index contributed by atoms with van der Waals surface area (Å²) >= 11 is 0. The molecule has 4 nitrogen and oxygen atoms in total. The number of hydrogen-bond donors (Lipinski definition) is 0. The number of fused-ring (bicyclic) bond motifs is 11. The molecule has 0 fully saturated rings. The zero-order valence-electron chi connectivity index (χ0n) is 27.6. The fraction of sp³-hybridized carbons (Fsp3) is 0.0217. The van der Waals surface area contributed by atoms with Crippen LogP contribution in [0, 0.1) is 0 Å². The van der Waals surface area contributed by atoms with E-state index in [1.165, 1.54) is 38.1 Å².